The number of aromatic amines is 1. The van der Waals surface area contributed by atoms with Gasteiger partial charge in [-0.15, -0.1) is 0 Å². The van der Waals surface area contributed by atoms with Gasteiger partial charge in [0, 0.05) is 41.5 Å². The number of anilines is 2. The number of carbonyl (C=O) groups is 2. The number of methoxy groups -OCH3 is 1. The smallest absolute Gasteiger partial charge is 0.416 e. The average Bonchev–Trinajstić information content (AvgIpc) is 3.45. The summed E-state index contributed by atoms with van der Waals surface area (Å²) >= 11 is 5.80. The molecule has 11 nitrogen and oxygen atoms in total. The maximum Gasteiger partial charge on any atom is 0.416 e. The van der Waals surface area contributed by atoms with E-state index < -0.39 is 58.5 Å². The molecule has 2 amide bonds. The Morgan fingerprint density at radius 3 is 2.70 bits per heavy atom. The van der Waals surface area contributed by atoms with E-state index in [0.29, 0.717) is 54.4 Å². The zero-order chi connectivity index (χ0) is 33.2. The van der Waals surface area contributed by atoms with Crippen LogP contribution in [0.4, 0.5) is 38.5 Å². The summed E-state index contributed by atoms with van der Waals surface area (Å²) in [7, 11) is 1.22. The number of imidazole rings is 1. The maximum atomic E-state index is 14.9. The zero-order valence-corrected chi connectivity index (χ0v) is 25.1. The van der Waals surface area contributed by atoms with Gasteiger partial charge in [-0.2, -0.15) is 18.4 Å². The van der Waals surface area contributed by atoms with Crippen molar-refractivity contribution in [3.63, 3.8) is 0 Å². The molecule has 0 spiro atoms. The molecule has 1 aromatic heterocycles. The number of nitrogens with zero attached hydrogens (tertiary/aromatic N) is 3. The molecule has 3 heterocycles. The van der Waals surface area contributed by atoms with Crippen molar-refractivity contribution >= 4 is 35.2 Å². The third kappa shape index (κ3) is 6.68. The summed E-state index contributed by atoms with van der Waals surface area (Å²) in [6, 6.07) is 7.16. The molecule has 3 atom stereocenters. The lowest BCUT2D eigenvalue weighted by Crippen LogP contribution is -2.42. The van der Waals surface area contributed by atoms with Gasteiger partial charge < -0.3 is 24.9 Å². The highest BCUT2D eigenvalue weighted by molar-refractivity contribution is 6.30. The third-order valence-electron chi connectivity index (χ3n) is 7.97. The first-order valence-electron chi connectivity index (χ1n) is 14.3. The number of cyclic esters (lactones) is 1. The molecule has 1 fully saturated rings. The first-order valence-corrected chi connectivity index (χ1v) is 14.7. The largest absolute Gasteiger partial charge is 0.453 e. The van der Waals surface area contributed by atoms with E-state index in [9.17, 15) is 37.5 Å². The van der Waals surface area contributed by atoms with E-state index in [1.54, 1.807) is 18.2 Å². The molecular formula is C30H29ClF4N6O5. The van der Waals surface area contributed by atoms with Crippen molar-refractivity contribution in [1.82, 2.24) is 14.9 Å². The molecule has 2 aliphatic heterocycles. The lowest BCUT2D eigenvalue weighted by molar-refractivity contribution is -0.140. The van der Waals surface area contributed by atoms with Crippen LogP contribution in [-0.4, -0.2) is 58.5 Å². The first kappa shape index (κ1) is 32.8. The van der Waals surface area contributed by atoms with Crippen molar-refractivity contribution < 1.29 is 41.7 Å². The topological polar surface area (TPSA) is 153 Å². The SMILES string of the molecule is COC(=O)Nc1ccc2c(c1)NC(CO)CCCCC(N1CCC(c3c(C(F)(F)F)ccc(Cl)c3F)OC1=O)c1nc(C#N)c-2[nH]1. The molecular weight excluding hydrogens is 636 g/mol. The molecule has 0 saturated carbocycles. The Morgan fingerprint density at radius 2 is 2.02 bits per heavy atom. The number of ether oxygens (including phenoxy) is 2. The molecule has 2 aromatic carbocycles. The van der Waals surface area contributed by atoms with Gasteiger partial charge in [-0.05, 0) is 43.2 Å². The van der Waals surface area contributed by atoms with Crippen molar-refractivity contribution in [1.29, 1.82) is 5.26 Å². The molecule has 3 unspecified atom stereocenters. The number of aromatic nitrogens is 2. The van der Waals surface area contributed by atoms with Crippen LogP contribution in [0.2, 0.25) is 5.02 Å². The zero-order valence-electron chi connectivity index (χ0n) is 24.4. The van der Waals surface area contributed by atoms with Gasteiger partial charge in [0.15, 0.2) is 5.69 Å². The quantitative estimate of drug-likeness (QED) is 0.220. The van der Waals surface area contributed by atoms with Gasteiger partial charge in [-0.1, -0.05) is 24.4 Å². The molecule has 16 heteroatoms. The predicted octanol–water partition coefficient (Wildman–Crippen LogP) is 6.91. The van der Waals surface area contributed by atoms with E-state index in [-0.39, 0.29) is 31.1 Å². The van der Waals surface area contributed by atoms with Gasteiger partial charge in [0.2, 0.25) is 0 Å². The minimum atomic E-state index is -4.91. The summed E-state index contributed by atoms with van der Waals surface area (Å²) in [6.07, 6.45) is -6.32. The van der Waals surface area contributed by atoms with Crippen LogP contribution in [0.25, 0.3) is 11.3 Å². The number of H-pyrrole nitrogens is 1. The van der Waals surface area contributed by atoms with Crippen LogP contribution in [0, 0.1) is 17.1 Å². The molecule has 2 aliphatic rings. The van der Waals surface area contributed by atoms with Crippen molar-refractivity contribution in [2.45, 2.75) is 56.5 Å². The number of nitriles is 1. The second-order valence-corrected chi connectivity index (χ2v) is 11.2. The highest BCUT2D eigenvalue weighted by Gasteiger charge is 2.42. The number of fused-ring (bicyclic) bond motifs is 4. The highest BCUT2D eigenvalue weighted by Crippen LogP contribution is 2.43. The van der Waals surface area contributed by atoms with Crippen molar-refractivity contribution in [2.75, 3.05) is 30.9 Å². The predicted molar refractivity (Wildman–Crippen MR) is 157 cm³/mol. The summed E-state index contributed by atoms with van der Waals surface area (Å²) in [6.45, 7) is -0.327. The number of benzene rings is 2. The minimum Gasteiger partial charge on any atom is -0.453 e. The first-order chi connectivity index (χ1) is 21.9. The van der Waals surface area contributed by atoms with E-state index in [4.69, 9.17) is 16.3 Å². The molecule has 1 saturated heterocycles. The maximum absolute atomic E-state index is 14.9. The number of carbonyl (C=O) groups excluding carboxylic acids is 2. The standard InChI is InChI=1S/C30H29ClF4N6O5/c1-45-28(43)38-15-6-7-17-20(12-15)37-16(14-42)4-2-3-5-22(27-39-21(13-36)26(17)40-27)41-11-10-23(46-29(41)44)24-18(30(33,34)35)8-9-19(31)25(24)32/h6-9,12,16,22-23,37,42H,2-5,10-11,14H2,1H3,(H,38,43)(H,39,40). The Morgan fingerprint density at radius 1 is 1.26 bits per heavy atom. The van der Waals surface area contributed by atoms with Crippen LogP contribution in [0.5, 0.6) is 0 Å². The minimum absolute atomic E-state index is 0.00408. The summed E-state index contributed by atoms with van der Waals surface area (Å²) in [5.41, 5.74) is -0.479. The van der Waals surface area contributed by atoms with Gasteiger partial charge >= 0.3 is 18.4 Å². The molecule has 244 valence electrons. The second-order valence-electron chi connectivity index (χ2n) is 10.8. The number of amides is 2. The number of nitrogens with one attached hydrogen (secondary N) is 3. The Bertz CT molecular complexity index is 1680. The van der Waals surface area contributed by atoms with Gasteiger partial charge in [0.25, 0.3) is 0 Å². The summed E-state index contributed by atoms with van der Waals surface area (Å²) in [4.78, 5) is 34.1. The van der Waals surface area contributed by atoms with Crippen LogP contribution < -0.4 is 10.6 Å². The van der Waals surface area contributed by atoms with E-state index >= 15 is 0 Å². The number of halogens is 5. The summed E-state index contributed by atoms with van der Waals surface area (Å²) in [5.74, 6) is -1.06. The molecule has 46 heavy (non-hydrogen) atoms. The van der Waals surface area contributed by atoms with E-state index in [2.05, 4.69) is 25.3 Å². The van der Waals surface area contributed by atoms with Gasteiger partial charge in [-0.3, -0.25) is 10.2 Å². The van der Waals surface area contributed by atoms with Gasteiger partial charge in [0.1, 0.15) is 23.8 Å². The summed E-state index contributed by atoms with van der Waals surface area (Å²) < 4.78 is 66.3. The fourth-order valence-electron chi connectivity index (χ4n) is 5.76. The monoisotopic (exact) mass is 664 g/mol. The average molecular weight is 665 g/mol. The lowest BCUT2D eigenvalue weighted by Gasteiger charge is -2.37. The van der Waals surface area contributed by atoms with Crippen LogP contribution in [-0.2, 0) is 15.7 Å². The van der Waals surface area contributed by atoms with Crippen LogP contribution >= 0.6 is 11.6 Å². The highest BCUT2D eigenvalue weighted by atomic mass is 35.5. The Labute approximate surface area is 265 Å². The normalized spacial score (nSPS) is 20.3. The number of aliphatic hydroxyl groups is 1. The van der Waals surface area contributed by atoms with Gasteiger partial charge in [-0.25, -0.2) is 19.0 Å². The van der Waals surface area contributed by atoms with Crippen molar-refractivity contribution in [2.24, 2.45) is 0 Å². The lowest BCUT2D eigenvalue weighted by atomic mass is 9.97. The summed E-state index contributed by atoms with van der Waals surface area (Å²) in [5, 5.41) is 25.4. The molecule has 0 radical (unpaired) electrons. The third-order valence-corrected chi connectivity index (χ3v) is 8.26. The molecule has 5 rings (SSSR count). The van der Waals surface area contributed by atoms with Crippen molar-refractivity contribution in [3.8, 4) is 17.3 Å². The van der Waals surface area contributed by atoms with Gasteiger partial charge in [0.05, 0.1) is 36.0 Å². The number of hydrogen-bond acceptors (Lipinski definition) is 8. The number of rotatable bonds is 4. The second kappa shape index (κ2) is 13.4. The fraction of sp³-hybridized carbons (Fsp3) is 0.400. The van der Waals surface area contributed by atoms with E-state index in [1.807, 2.05) is 6.07 Å². The number of alkyl halides is 3. The number of aliphatic hydroxyl groups excluding tert-OH is 1. The van der Waals surface area contributed by atoms with Crippen LogP contribution in [0.3, 0.4) is 0 Å². The number of hydrogen-bond donors (Lipinski definition) is 4. The van der Waals surface area contributed by atoms with E-state index in [1.165, 1.54) is 12.0 Å². The van der Waals surface area contributed by atoms with Crippen LogP contribution in [0.1, 0.15) is 66.9 Å². The molecule has 0 aliphatic carbocycles. The molecule has 3 aromatic rings. The Hall–Kier alpha value is -4.55. The molecule has 4 N–H and O–H groups in total. The Balaban J connectivity index is 1.50. The Kier molecular flexibility index (Phi) is 9.59. The fourth-order valence-corrected chi connectivity index (χ4v) is 5.93. The van der Waals surface area contributed by atoms with Crippen LogP contribution in [0.15, 0.2) is 30.3 Å². The van der Waals surface area contributed by atoms with E-state index in [0.717, 1.165) is 6.07 Å². The molecule has 2 bridgehead atoms. The van der Waals surface area contributed by atoms with Crippen molar-refractivity contribution in [3.05, 3.63) is 63.8 Å².